The lowest BCUT2D eigenvalue weighted by atomic mass is 9.94. The summed E-state index contributed by atoms with van der Waals surface area (Å²) in [5.41, 5.74) is 2.55. The molecular formula is C15H23N3. The molecule has 1 aliphatic heterocycles. The van der Waals surface area contributed by atoms with Crippen molar-refractivity contribution in [1.29, 1.82) is 0 Å². The summed E-state index contributed by atoms with van der Waals surface area (Å²) >= 11 is 0. The first-order valence-electron chi connectivity index (χ1n) is 7.35. The van der Waals surface area contributed by atoms with Crippen molar-refractivity contribution in [2.24, 2.45) is 0 Å². The first-order chi connectivity index (χ1) is 8.92. The van der Waals surface area contributed by atoms with Crippen LogP contribution in [0.4, 0.5) is 5.69 Å². The summed E-state index contributed by atoms with van der Waals surface area (Å²) < 4.78 is 0. The number of anilines is 1. The highest BCUT2D eigenvalue weighted by Crippen LogP contribution is 2.27. The quantitative estimate of drug-likeness (QED) is 0.859. The molecule has 1 saturated heterocycles. The maximum absolute atomic E-state index is 4.57. The molecule has 0 amide bonds. The van der Waals surface area contributed by atoms with E-state index in [-0.39, 0.29) is 0 Å². The zero-order valence-corrected chi connectivity index (χ0v) is 11.0. The van der Waals surface area contributed by atoms with Gasteiger partial charge in [-0.2, -0.15) is 0 Å². The van der Waals surface area contributed by atoms with Crippen LogP contribution in [-0.4, -0.2) is 24.1 Å². The lowest BCUT2D eigenvalue weighted by Crippen LogP contribution is -2.27. The third-order valence-electron chi connectivity index (χ3n) is 4.26. The molecule has 0 atom stereocenters. The molecule has 0 bridgehead atoms. The Labute approximate surface area is 109 Å². The SMILES string of the molecule is c1cc(NC2CCCC2)cc(C2CCNCC2)n1. The van der Waals surface area contributed by atoms with Crippen molar-refractivity contribution >= 4 is 5.69 Å². The van der Waals surface area contributed by atoms with Crippen LogP contribution in [0.1, 0.15) is 50.1 Å². The predicted octanol–water partition coefficient (Wildman–Crippen LogP) is 2.90. The van der Waals surface area contributed by atoms with E-state index in [0.29, 0.717) is 12.0 Å². The summed E-state index contributed by atoms with van der Waals surface area (Å²) in [7, 11) is 0. The summed E-state index contributed by atoms with van der Waals surface area (Å²) in [6, 6.07) is 5.07. The van der Waals surface area contributed by atoms with Crippen molar-refractivity contribution < 1.29 is 0 Å². The average molecular weight is 245 g/mol. The lowest BCUT2D eigenvalue weighted by molar-refractivity contribution is 0.453. The van der Waals surface area contributed by atoms with Gasteiger partial charge in [-0.25, -0.2) is 0 Å². The molecule has 2 aliphatic rings. The topological polar surface area (TPSA) is 37.0 Å². The van der Waals surface area contributed by atoms with E-state index >= 15 is 0 Å². The molecule has 1 saturated carbocycles. The van der Waals surface area contributed by atoms with Crippen LogP contribution in [0.15, 0.2) is 18.3 Å². The van der Waals surface area contributed by atoms with E-state index in [1.807, 2.05) is 6.20 Å². The van der Waals surface area contributed by atoms with Gasteiger partial charge < -0.3 is 10.6 Å². The van der Waals surface area contributed by atoms with Crippen molar-refractivity contribution in [3.63, 3.8) is 0 Å². The van der Waals surface area contributed by atoms with Crippen LogP contribution in [0.25, 0.3) is 0 Å². The summed E-state index contributed by atoms with van der Waals surface area (Å²) in [6.45, 7) is 2.26. The second kappa shape index (κ2) is 5.70. The minimum absolute atomic E-state index is 0.650. The van der Waals surface area contributed by atoms with Crippen LogP contribution in [-0.2, 0) is 0 Å². The zero-order chi connectivity index (χ0) is 12.2. The second-order valence-corrected chi connectivity index (χ2v) is 5.62. The van der Waals surface area contributed by atoms with Gasteiger partial charge in [0.2, 0.25) is 0 Å². The third kappa shape index (κ3) is 2.83. The normalized spacial score (nSPS) is 22.2. The molecule has 0 radical (unpaired) electrons. The zero-order valence-electron chi connectivity index (χ0n) is 11.0. The monoisotopic (exact) mass is 245 g/mol. The van der Waals surface area contributed by atoms with Crippen LogP contribution in [0.2, 0.25) is 0 Å². The molecular weight excluding hydrogens is 222 g/mol. The molecule has 0 spiro atoms. The summed E-state index contributed by atoms with van der Waals surface area (Å²) in [6.07, 6.45) is 9.82. The highest BCUT2D eigenvalue weighted by atomic mass is 14.9. The first kappa shape index (κ1) is 12.0. The van der Waals surface area contributed by atoms with Crippen LogP contribution in [0.3, 0.4) is 0 Å². The maximum atomic E-state index is 4.57. The molecule has 3 rings (SSSR count). The molecule has 2 heterocycles. The van der Waals surface area contributed by atoms with Gasteiger partial charge in [-0.3, -0.25) is 4.98 Å². The molecule has 98 valence electrons. The Bertz CT molecular complexity index is 379. The van der Waals surface area contributed by atoms with Crippen molar-refractivity contribution in [2.45, 2.75) is 50.5 Å². The number of aromatic nitrogens is 1. The highest BCUT2D eigenvalue weighted by Gasteiger charge is 2.18. The molecule has 3 nitrogen and oxygen atoms in total. The Balaban J connectivity index is 1.67. The fraction of sp³-hybridized carbons (Fsp3) is 0.667. The minimum Gasteiger partial charge on any atom is -0.382 e. The fourth-order valence-corrected chi connectivity index (χ4v) is 3.18. The summed E-state index contributed by atoms with van der Waals surface area (Å²) in [5, 5.41) is 7.08. The Morgan fingerprint density at radius 2 is 1.89 bits per heavy atom. The summed E-state index contributed by atoms with van der Waals surface area (Å²) in [4.78, 5) is 4.57. The van der Waals surface area contributed by atoms with Crippen LogP contribution >= 0.6 is 0 Å². The largest absolute Gasteiger partial charge is 0.382 e. The number of nitrogens with zero attached hydrogens (tertiary/aromatic N) is 1. The van der Waals surface area contributed by atoms with Gasteiger partial charge in [-0.05, 0) is 50.9 Å². The predicted molar refractivity (Wildman–Crippen MR) is 75.0 cm³/mol. The van der Waals surface area contributed by atoms with E-state index in [0.717, 1.165) is 13.1 Å². The molecule has 18 heavy (non-hydrogen) atoms. The minimum atomic E-state index is 0.650. The third-order valence-corrected chi connectivity index (χ3v) is 4.26. The Morgan fingerprint density at radius 1 is 1.11 bits per heavy atom. The number of pyridine rings is 1. The first-order valence-corrected chi connectivity index (χ1v) is 7.35. The van der Waals surface area contributed by atoms with Gasteiger partial charge in [0.25, 0.3) is 0 Å². The molecule has 3 heteroatoms. The van der Waals surface area contributed by atoms with E-state index in [2.05, 4.69) is 27.8 Å². The van der Waals surface area contributed by atoms with Gasteiger partial charge in [0.05, 0.1) is 0 Å². The van der Waals surface area contributed by atoms with Crippen molar-refractivity contribution in [3.8, 4) is 0 Å². The number of nitrogens with one attached hydrogen (secondary N) is 2. The standard InChI is InChI=1S/C15H23N3/c1-2-4-13(3-1)18-14-7-10-17-15(11-14)12-5-8-16-9-6-12/h7,10-13,16H,1-6,8-9H2,(H,17,18). The van der Waals surface area contributed by atoms with Crippen molar-refractivity contribution in [2.75, 3.05) is 18.4 Å². The van der Waals surface area contributed by atoms with E-state index in [9.17, 15) is 0 Å². The highest BCUT2D eigenvalue weighted by molar-refractivity contribution is 5.45. The lowest BCUT2D eigenvalue weighted by Gasteiger charge is -2.23. The average Bonchev–Trinajstić information content (AvgIpc) is 2.93. The van der Waals surface area contributed by atoms with E-state index in [4.69, 9.17) is 0 Å². The Morgan fingerprint density at radius 3 is 2.67 bits per heavy atom. The molecule has 1 aliphatic carbocycles. The van der Waals surface area contributed by atoms with E-state index < -0.39 is 0 Å². The number of hydrogen-bond acceptors (Lipinski definition) is 3. The van der Waals surface area contributed by atoms with E-state index in [1.165, 1.54) is 49.9 Å². The number of piperidine rings is 1. The van der Waals surface area contributed by atoms with Gasteiger partial charge >= 0.3 is 0 Å². The van der Waals surface area contributed by atoms with Crippen molar-refractivity contribution in [1.82, 2.24) is 10.3 Å². The van der Waals surface area contributed by atoms with Crippen LogP contribution < -0.4 is 10.6 Å². The Kier molecular flexibility index (Phi) is 3.79. The van der Waals surface area contributed by atoms with Gasteiger partial charge in [0.15, 0.2) is 0 Å². The molecule has 0 unspecified atom stereocenters. The molecule has 1 aromatic heterocycles. The van der Waals surface area contributed by atoms with Crippen LogP contribution in [0.5, 0.6) is 0 Å². The van der Waals surface area contributed by atoms with Gasteiger partial charge in [0.1, 0.15) is 0 Å². The second-order valence-electron chi connectivity index (χ2n) is 5.62. The fourth-order valence-electron chi connectivity index (χ4n) is 3.18. The number of hydrogen-bond donors (Lipinski definition) is 2. The molecule has 2 fully saturated rings. The molecule has 1 aromatic rings. The molecule has 2 N–H and O–H groups in total. The smallest absolute Gasteiger partial charge is 0.0456 e. The summed E-state index contributed by atoms with van der Waals surface area (Å²) in [5.74, 6) is 0.650. The van der Waals surface area contributed by atoms with Crippen molar-refractivity contribution in [3.05, 3.63) is 24.0 Å². The maximum Gasteiger partial charge on any atom is 0.0456 e. The molecule has 0 aromatic carbocycles. The van der Waals surface area contributed by atoms with Gasteiger partial charge in [-0.1, -0.05) is 12.8 Å². The number of rotatable bonds is 3. The van der Waals surface area contributed by atoms with Crippen LogP contribution in [0, 0.1) is 0 Å². The van der Waals surface area contributed by atoms with Gasteiger partial charge in [0, 0.05) is 29.5 Å². The van der Waals surface area contributed by atoms with Gasteiger partial charge in [-0.15, -0.1) is 0 Å². The Hall–Kier alpha value is -1.09. The van der Waals surface area contributed by atoms with E-state index in [1.54, 1.807) is 0 Å².